The molecule has 2 amide bonds. The topological polar surface area (TPSA) is 41.1 Å². The summed E-state index contributed by atoms with van der Waals surface area (Å²) in [5.41, 5.74) is 3.23. The van der Waals surface area contributed by atoms with Crippen molar-refractivity contribution < 1.29 is 4.79 Å². The monoisotopic (exact) mass is 262 g/mol. The molecule has 3 heteroatoms. The van der Waals surface area contributed by atoms with E-state index in [0.29, 0.717) is 5.92 Å². The first-order valence-electron chi connectivity index (χ1n) is 7.16. The zero-order chi connectivity index (χ0) is 14.4. The van der Waals surface area contributed by atoms with Gasteiger partial charge in [-0.2, -0.15) is 0 Å². The average molecular weight is 262 g/mol. The summed E-state index contributed by atoms with van der Waals surface area (Å²) in [7, 11) is 0. The molecule has 1 aromatic rings. The molecule has 0 fully saturated rings. The van der Waals surface area contributed by atoms with Crippen molar-refractivity contribution in [2.75, 3.05) is 5.32 Å². The molecule has 3 nitrogen and oxygen atoms in total. The average Bonchev–Trinajstić information content (AvgIpc) is 2.38. The van der Waals surface area contributed by atoms with Crippen molar-refractivity contribution in [2.45, 2.75) is 59.4 Å². The Morgan fingerprint density at radius 2 is 1.84 bits per heavy atom. The normalized spacial score (nSPS) is 10.9. The van der Waals surface area contributed by atoms with Crippen LogP contribution in [0.2, 0.25) is 0 Å². The molecule has 0 atom stereocenters. The largest absolute Gasteiger partial charge is 0.335 e. The standard InChI is InChI=1S/C16H26N2O/c1-6-13(7-2)17-16(19)18-15-12(5)9-8-10-14(15)11(3)4/h8-11,13H,6-7H2,1-5H3,(H2,17,18,19). The second-order valence-electron chi connectivity index (χ2n) is 5.31. The van der Waals surface area contributed by atoms with E-state index in [4.69, 9.17) is 0 Å². The fourth-order valence-electron chi connectivity index (χ4n) is 2.17. The van der Waals surface area contributed by atoms with Crippen molar-refractivity contribution in [3.63, 3.8) is 0 Å². The number of urea groups is 1. The first kappa shape index (κ1) is 15.5. The maximum absolute atomic E-state index is 12.0. The zero-order valence-corrected chi connectivity index (χ0v) is 12.7. The molecule has 1 rings (SSSR count). The highest BCUT2D eigenvalue weighted by atomic mass is 16.2. The number of rotatable bonds is 5. The van der Waals surface area contributed by atoms with Gasteiger partial charge in [0.15, 0.2) is 0 Å². The van der Waals surface area contributed by atoms with Gasteiger partial charge in [0.05, 0.1) is 0 Å². The smallest absolute Gasteiger partial charge is 0.319 e. The van der Waals surface area contributed by atoms with Crippen LogP contribution in [0.3, 0.4) is 0 Å². The molecule has 0 radical (unpaired) electrons. The number of aryl methyl sites for hydroxylation is 1. The lowest BCUT2D eigenvalue weighted by Crippen LogP contribution is -2.37. The highest BCUT2D eigenvalue weighted by Crippen LogP contribution is 2.27. The van der Waals surface area contributed by atoms with Crippen LogP contribution in [-0.4, -0.2) is 12.1 Å². The van der Waals surface area contributed by atoms with Gasteiger partial charge in [-0.1, -0.05) is 45.9 Å². The fourth-order valence-corrected chi connectivity index (χ4v) is 2.17. The molecule has 0 aromatic heterocycles. The van der Waals surface area contributed by atoms with E-state index in [1.807, 2.05) is 19.1 Å². The number of nitrogens with one attached hydrogen (secondary N) is 2. The molecule has 0 unspecified atom stereocenters. The minimum atomic E-state index is -0.107. The Hall–Kier alpha value is -1.51. The number of para-hydroxylation sites is 1. The molecule has 0 saturated heterocycles. The van der Waals surface area contributed by atoms with E-state index >= 15 is 0 Å². The summed E-state index contributed by atoms with van der Waals surface area (Å²) in [5, 5.41) is 6.02. The zero-order valence-electron chi connectivity index (χ0n) is 12.7. The van der Waals surface area contributed by atoms with Crippen LogP contribution in [0.1, 0.15) is 57.6 Å². The summed E-state index contributed by atoms with van der Waals surface area (Å²) in [6.45, 7) is 10.5. The van der Waals surface area contributed by atoms with E-state index in [9.17, 15) is 4.79 Å². The van der Waals surface area contributed by atoms with Crippen LogP contribution in [0.25, 0.3) is 0 Å². The maximum atomic E-state index is 12.0. The summed E-state index contributed by atoms with van der Waals surface area (Å²) >= 11 is 0. The van der Waals surface area contributed by atoms with Gasteiger partial charge < -0.3 is 10.6 Å². The van der Waals surface area contributed by atoms with Gasteiger partial charge in [-0.05, 0) is 36.8 Å². The van der Waals surface area contributed by atoms with Crippen LogP contribution >= 0.6 is 0 Å². The molecule has 0 spiro atoms. The van der Waals surface area contributed by atoms with Crippen molar-refractivity contribution in [3.8, 4) is 0 Å². The summed E-state index contributed by atoms with van der Waals surface area (Å²) < 4.78 is 0. The molecular weight excluding hydrogens is 236 g/mol. The molecule has 0 heterocycles. The highest BCUT2D eigenvalue weighted by molar-refractivity contribution is 5.91. The second-order valence-corrected chi connectivity index (χ2v) is 5.31. The highest BCUT2D eigenvalue weighted by Gasteiger charge is 2.13. The van der Waals surface area contributed by atoms with Crippen LogP contribution in [0.5, 0.6) is 0 Å². The van der Waals surface area contributed by atoms with E-state index in [1.54, 1.807) is 0 Å². The maximum Gasteiger partial charge on any atom is 0.319 e. The molecule has 19 heavy (non-hydrogen) atoms. The number of anilines is 1. The molecule has 0 saturated carbocycles. The molecule has 0 aliphatic heterocycles. The number of carbonyl (C=O) groups is 1. The molecular formula is C16H26N2O. The third-order valence-electron chi connectivity index (χ3n) is 3.49. The van der Waals surface area contributed by atoms with Crippen LogP contribution in [0, 0.1) is 6.92 Å². The minimum absolute atomic E-state index is 0.107. The van der Waals surface area contributed by atoms with E-state index in [1.165, 1.54) is 5.56 Å². The molecule has 0 bridgehead atoms. The van der Waals surface area contributed by atoms with E-state index in [0.717, 1.165) is 24.1 Å². The summed E-state index contributed by atoms with van der Waals surface area (Å²) in [4.78, 5) is 12.0. The van der Waals surface area contributed by atoms with Crippen LogP contribution < -0.4 is 10.6 Å². The molecule has 106 valence electrons. The molecule has 0 aliphatic carbocycles. The Bertz CT molecular complexity index is 423. The van der Waals surface area contributed by atoms with Crippen molar-refractivity contribution >= 4 is 11.7 Å². The Balaban J connectivity index is 2.84. The quantitative estimate of drug-likeness (QED) is 0.810. The van der Waals surface area contributed by atoms with Gasteiger partial charge in [0.1, 0.15) is 0 Å². The van der Waals surface area contributed by atoms with Crippen molar-refractivity contribution in [1.82, 2.24) is 5.32 Å². The van der Waals surface area contributed by atoms with E-state index in [-0.39, 0.29) is 12.1 Å². The number of benzene rings is 1. The van der Waals surface area contributed by atoms with E-state index in [2.05, 4.69) is 44.4 Å². The first-order valence-corrected chi connectivity index (χ1v) is 7.16. The van der Waals surface area contributed by atoms with Crippen molar-refractivity contribution in [3.05, 3.63) is 29.3 Å². The lowest BCUT2D eigenvalue weighted by molar-refractivity contribution is 0.247. The lowest BCUT2D eigenvalue weighted by atomic mass is 9.98. The first-order chi connectivity index (χ1) is 8.99. The van der Waals surface area contributed by atoms with Crippen LogP contribution in [0.4, 0.5) is 10.5 Å². The third-order valence-corrected chi connectivity index (χ3v) is 3.49. The lowest BCUT2D eigenvalue weighted by Gasteiger charge is -2.19. The number of hydrogen-bond acceptors (Lipinski definition) is 1. The second kappa shape index (κ2) is 7.17. The molecule has 2 N–H and O–H groups in total. The van der Waals surface area contributed by atoms with Gasteiger partial charge in [0.2, 0.25) is 0 Å². The van der Waals surface area contributed by atoms with Gasteiger partial charge in [0.25, 0.3) is 0 Å². The SMILES string of the molecule is CCC(CC)NC(=O)Nc1c(C)cccc1C(C)C. The Labute approximate surface area is 116 Å². The van der Waals surface area contributed by atoms with Gasteiger partial charge in [-0.3, -0.25) is 0 Å². The van der Waals surface area contributed by atoms with Crippen LogP contribution in [0.15, 0.2) is 18.2 Å². The van der Waals surface area contributed by atoms with Crippen molar-refractivity contribution in [2.24, 2.45) is 0 Å². The Morgan fingerprint density at radius 1 is 1.21 bits per heavy atom. The summed E-state index contributed by atoms with van der Waals surface area (Å²) in [6, 6.07) is 6.27. The number of carbonyl (C=O) groups excluding carboxylic acids is 1. The molecule has 0 aliphatic rings. The Morgan fingerprint density at radius 3 is 2.37 bits per heavy atom. The summed E-state index contributed by atoms with van der Waals surface area (Å²) in [5.74, 6) is 0.392. The Kier molecular flexibility index (Phi) is 5.87. The van der Waals surface area contributed by atoms with E-state index < -0.39 is 0 Å². The van der Waals surface area contributed by atoms with Gasteiger partial charge in [-0.15, -0.1) is 0 Å². The predicted molar refractivity (Wildman–Crippen MR) is 81.8 cm³/mol. The van der Waals surface area contributed by atoms with Gasteiger partial charge >= 0.3 is 6.03 Å². The number of amides is 2. The summed E-state index contributed by atoms with van der Waals surface area (Å²) in [6.07, 6.45) is 1.91. The van der Waals surface area contributed by atoms with Crippen molar-refractivity contribution in [1.29, 1.82) is 0 Å². The minimum Gasteiger partial charge on any atom is -0.335 e. The van der Waals surface area contributed by atoms with Crippen LogP contribution in [-0.2, 0) is 0 Å². The third kappa shape index (κ3) is 4.27. The molecule has 1 aromatic carbocycles. The number of hydrogen-bond donors (Lipinski definition) is 2. The van der Waals surface area contributed by atoms with Gasteiger partial charge in [0, 0.05) is 11.7 Å². The van der Waals surface area contributed by atoms with Gasteiger partial charge in [-0.25, -0.2) is 4.79 Å². The fraction of sp³-hybridized carbons (Fsp3) is 0.562. The predicted octanol–water partition coefficient (Wildman–Crippen LogP) is 4.43.